The van der Waals surface area contributed by atoms with E-state index < -0.39 is 6.04 Å². The minimum Gasteiger partial charge on any atom is -0.336 e. The molecular weight excluding hydrogens is 346 g/mol. The first-order valence-electron chi connectivity index (χ1n) is 6.64. The second kappa shape index (κ2) is 6.11. The second-order valence-corrected chi connectivity index (χ2v) is 5.66. The van der Waals surface area contributed by atoms with Crippen LogP contribution in [-0.2, 0) is 4.79 Å². The average molecular weight is 358 g/mol. The Kier molecular flexibility index (Phi) is 4.02. The highest BCUT2D eigenvalue weighted by Crippen LogP contribution is 2.25. The maximum absolute atomic E-state index is 12.2. The van der Waals surface area contributed by atoms with Crippen molar-refractivity contribution in [1.82, 2.24) is 5.32 Å². The highest BCUT2D eigenvalue weighted by atomic mass is 79.9. The zero-order chi connectivity index (χ0) is 15.5. The molecule has 110 valence electrons. The van der Waals surface area contributed by atoms with E-state index in [1.165, 1.54) is 6.21 Å². The number of carbonyl (C=O) groups is 2. The maximum atomic E-state index is 12.2. The Morgan fingerprint density at radius 1 is 1.14 bits per heavy atom. The van der Waals surface area contributed by atoms with E-state index in [-0.39, 0.29) is 11.8 Å². The first-order chi connectivity index (χ1) is 10.6. The molecule has 0 aromatic heterocycles. The number of nitrogens with zero attached hydrogens (tertiary/aromatic N) is 1. The van der Waals surface area contributed by atoms with Crippen molar-refractivity contribution in [2.75, 3.05) is 5.32 Å². The van der Waals surface area contributed by atoms with Crippen LogP contribution in [0.2, 0.25) is 0 Å². The van der Waals surface area contributed by atoms with Gasteiger partial charge in [0.25, 0.3) is 11.8 Å². The van der Waals surface area contributed by atoms with Gasteiger partial charge in [0.15, 0.2) is 0 Å². The number of para-hydroxylation sites is 2. The largest absolute Gasteiger partial charge is 0.336 e. The molecule has 22 heavy (non-hydrogen) atoms. The predicted molar refractivity (Wildman–Crippen MR) is 88.6 cm³/mol. The van der Waals surface area contributed by atoms with Crippen LogP contribution in [0, 0.1) is 0 Å². The van der Waals surface area contributed by atoms with Gasteiger partial charge in [-0.1, -0.05) is 28.1 Å². The molecule has 0 saturated heterocycles. The summed E-state index contributed by atoms with van der Waals surface area (Å²) in [5.41, 5.74) is 1.77. The van der Waals surface area contributed by atoms with Gasteiger partial charge in [-0.15, -0.1) is 0 Å². The van der Waals surface area contributed by atoms with E-state index in [4.69, 9.17) is 0 Å². The molecular formula is C16H12BrN3O2. The predicted octanol–water partition coefficient (Wildman–Crippen LogP) is 2.90. The lowest BCUT2D eigenvalue weighted by Crippen LogP contribution is -2.44. The van der Waals surface area contributed by atoms with E-state index in [9.17, 15) is 9.59 Å². The number of aliphatic imine (C=N–C) groups is 1. The summed E-state index contributed by atoms with van der Waals surface area (Å²) in [6, 6.07) is 13.3. The van der Waals surface area contributed by atoms with E-state index in [2.05, 4.69) is 31.6 Å². The van der Waals surface area contributed by atoms with Crippen molar-refractivity contribution in [3.05, 3.63) is 58.6 Å². The van der Waals surface area contributed by atoms with Gasteiger partial charge >= 0.3 is 0 Å². The highest BCUT2D eigenvalue weighted by Gasteiger charge is 2.22. The Balaban J connectivity index is 1.77. The summed E-state index contributed by atoms with van der Waals surface area (Å²) in [6.45, 7) is 0. The Morgan fingerprint density at radius 2 is 1.86 bits per heavy atom. The molecule has 1 atom stereocenters. The summed E-state index contributed by atoms with van der Waals surface area (Å²) in [4.78, 5) is 28.6. The Hall–Kier alpha value is -2.47. The summed E-state index contributed by atoms with van der Waals surface area (Å²) in [6.07, 6.45) is 1.44. The monoisotopic (exact) mass is 357 g/mol. The zero-order valence-electron chi connectivity index (χ0n) is 11.4. The van der Waals surface area contributed by atoms with Crippen molar-refractivity contribution >= 4 is 45.3 Å². The lowest BCUT2D eigenvalue weighted by molar-refractivity contribution is -0.116. The van der Waals surface area contributed by atoms with Crippen LogP contribution in [0.15, 0.2) is 58.0 Å². The number of hydrogen-bond donors (Lipinski definition) is 2. The van der Waals surface area contributed by atoms with Gasteiger partial charge < -0.3 is 10.6 Å². The first kappa shape index (κ1) is 14.5. The van der Waals surface area contributed by atoms with E-state index in [0.717, 1.165) is 4.47 Å². The minimum atomic E-state index is -0.816. The van der Waals surface area contributed by atoms with Crippen LogP contribution in [0.25, 0.3) is 0 Å². The number of hydrogen-bond acceptors (Lipinski definition) is 3. The molecule has 3 rings (SSSR count). The molecule has 6 heteroatoms. The molecule has 2 N–H and O–H groups in total. The number of anilines is 1. The van der Waals surface area contributed by atoms with Crippen molar-refractivity contribution in [3.8, 4) is 0 Å². The molecule has 0 spiro atoms. The van der Waals surface area contributed by atoms with Crippen LogP contribution in [0.4, 0.5) is 11.4 Å². The number of amides is 2. The van der Waals surface area contributed by atoms with Crippen LogP contribution in [-0.4, -0.2) is 24.1 Å². The molecule has 0 saturated carbocycles. The second-order valence-electron chi connectivity index (χ2n) is 4.74. The smallest absolute Gasteiger partial charge is 0.252 e. The van der Waals surface area contributed by atoms with E-state index in [1.807, 2.05) is 12.1 Å². The van der Waals surface area contributed by atoms with Gasteiger partial charge in [-0.05, 0) is 36.4 Å². The highest BCUT2D eigenvalue weighted by molar-refractivity contribution is 9.10. The van der Waals surface area contributed by atoms with Crippen LogP contribution < -0.4 is 10.6 Å². The summed E-state index contributed by atoms with van der Waals surface area (Å²) in [7, 11) is 0. The third kappa shape index (κ3) is 3.07. The van der Waals surface area contributed by atoms with Gasteiger partial charge in [-0.3, -0.25) is 14.6 Å². The van der Waals surface area contributed by atoms with Crippen LogP contribution >= 0.6 is 15.9 Å². The quantitative estimate of drug-likeness (QED) is 0.867. The molecule has 1 heterocycles. The number of nitrogens with one attached hydrogen (secondary N) is 2. The first-order valence-corrected chi connectivity index (χ1v) is 7.43. The molecule has 5 nitrogen and oxygen atoms in total. The van der Waals surface area contributed by atoms with Crippen molar-refractivity contribution < 1.29 is 9.59 Å². The standard InChI is InChI=1S/C16H12BrN3O2/c17-11-7-5-10(6-8-11)15(21)20-14-9-18-12-3-1-2-4-13(12)19-16(14)22/h1-9,14H,(H,19,22)(H,20,21). The number of benzene rings is 2. The third-order valence-corrected chi connectivity index (χ3v) is 3.73. The van der Waals surface area contributed by atoms with E-state index >= 15 is 0 Å². The molecule has 2 aromatic rings. The molecule has 0 bridgehead atoms. The van der Waals surface area contributed by atoms with Crippen molar-refractivity contribution in [2.24, 2.45) is 4.99 Å². The molecule has 0 fully saturated rings. The van der Waals surface area contributed by atoms with Crippen molar-refractivity contribution in [1.29, 1.82) is 0 Å². The lowest BCUT2D eigenvalue weighted by Gasteiger charge is -2.12. The van der Waals surface area contributed by atoms with Crippen molar-refractivity contribution in [2.45, 2.75) is 6.04 Å². The summed E-state index contributed by atoms with van der Waals surface area (Å²) < 4.78 is 0.883. The lowest BCUT2D eigenvalue weighted by atomic mass is 10.2. The normalized spacial score (nSPS) is 16.4. The summed E-state index contributed by atoms with van der Waals surface area (Å²) in [5.74, 6) is -0.649. The number of rotatable bonds is 2. The van der Waals surface area contributed by atoms with Gasteiger partial charge in [0, 0.05) is 16.3 Å². The number of halogens is 1. The molecule has 0 radical (unpaired) electrons. The molecule has 2 aromatic carbocycles. The molecule has 1 aliphatic heterocycles. The van der Waals surface area contributed by atoms with Gasteiger partial charge in [0.2, 0.25) is 0 Å². The zero-order valence-corrected chi connectivity index (χ0v) is 13.0. The Bertz CT molecular complexity index is 756. The van der Waals surface area contributed by atoms with Gasteiger partial charge in [0.05, 0.1) is 11.4 Å². The maximum Gasteiger partial charge on any atom is 0.252 e. The van der Waals surface area contributed by atoms with E-state index in [0.29, 0.717) is 16.9 Å². The number of fused-ring (bicyclic) bond motifs is 1. The molecule has 1 unspecified atom stereocenters. The SMILES string of the molecule is O=C(NC1C=Nc2ccccc2NC1=O)c1ccc(Br)cc1. The summed E-state index contributed by atoms with van der Waals surface area (Å²) in [5, 5.41) is 5.42. The Labute approximate surface area is 135 Å². The van der Waals surface area contributed by atoms with Crippen LogP contribution in [0.5, 0.6) is 0 Å². The average Bonchev–Trinajstić information content (AvgIpc) is 2.67. The third-order valence-electron chi connectivity index (χ3n) is 3.20. The van der Waals surface area contributed by atoms with Gasteiger partial charge in [-0.25, -0.2) is 0 Å². The molecule has 1 aliphatic rings. The minimum absolute atomic E-state index is 0.320. The van der Waals surface area contributed by atoms with Gasteiger partial charge in [0.1, 0.15) is 6.04 Å². The Morgan fingerprint density at radius 3 is 2.64 bits per heavy atom. The molecule has 0 aliphatic carbocycles. The number of carbonyl (C=O) groups excluding carboxylic acids is 2. The summed E-state index contributed by atoms with van der Waals surface area (Å²) >= 11 is 3.31. The fourth-order valence-corrected chi connectivity index (χ4v) is 2.32. The molecule has 2 amide bonds. The van der Waals surface area contributed by atoms with Gasteiger partial charge in [-0.2, -0.15) is 0 Å². The van der Waals surface area contributed by atoms with Crippen LogP contribution in [0.1, 0.15) is 10.4 Å². The van der Waals surface area contributed by atoms with Crippen LogP contribution in [0.3, 0.4) is 0 Å². The fourth-order valence-electron chi connectivity index (χ4n) is 2.05. The van der Waals surface area contributed by atoms with E-state index in [1.54, 1.807) is 36.4 Å². The topological polar surface area (TPSA) is 70.6 Å². The van der Waals surface area contributed by atoms with Crippen molar-refractivity contribution in [3.63, 3.8) is 0 Å². The fraction of sp³-hybridized carbons (Fsp3) is 0.0625.